The zero-order valence-electron chi connectivity index (χ0n) is 11.3. The zero-order chi connectivity index (χ0) is 13.7. The number of rotatable bonds is 5. The Hall–Kier alpha value is -1.01. The highest BCUT2D eigenvalue weighted by Crippen LogP contribution is 2.23. The molecule has 1 fully saturated rings. The Labute approximate surface area is 113 Å². The van der Waals surface area contributed by atoms with Crippen molar-refractivity contribution in [2.45, 2.75) is 12.4 Å². The van der Waals surface area contributed by atoms with E-state index in [1.807, 2.05) is 6.07 Å². The van der Waals surface area contributed by atoms with E-state index < -0.39 is 0 Å². The Bertz CT molecular complexity index is 398. The van der Waals surface area contributed by atoms with Crippen LogP contribution in [0.1, 0.15) is 11.7 Å². The summed E-state index contributed by atoms with van der Waals surface area (Å²) in [7, 11) is 3.25. The SMILES string of the molecule is COC(CN1CCOC(c2cccc(F)c2)C1)OC. The molecule has 19 heavy (non-hydrogen) atoms. The molecule has 0 spiro atoms. The maximum absolute atomic E-state index is 13.2. The van der Waals surface area contributed by atoms with Gasteiger partial charge in [-0.05, 0) is 17.7 Å². The first kappa shape index (κ1) is 14.4. The van der Waals surface area contributed by atoms with E-state index in [1.165, 1.54) is 12.1 Å². The van der Waals surface area contributed by atoms with Crippen LogP contribution >= 0.6 is 0 Å². The van der Waals surface area contributed by atoms with E-state index >= 15 is 0 Å². The number of benzene rings is 1. The molecule has 1 heterocycles. The molecule has 2 rings (SSSR count). The number of morpholine rings is 1. The maximum Gasteiger partial charge on any atom is 0.169 e. The van der Waals surface area contributed by atoms with Crippen molar-refractivity contribution in [2.24, 2.45) is 0 Å². The molecular formula is C14H20FNO3. The van der Waals surface area contributed by atoms with Crippen LogP contribution in [-0.4, -0.2) is 51.7 Å². The number of ether oxygens (including phenoxy) is 3. The van der Waals surface area contributed by atoms with Crippen LogP contribution in [0.25, 0.3) is 0 Å². The third kappa shape index (κ3) is 3.98. The second-order valence-electron chi connectivity index (χ2n) is 4.57. The molecule has 0 radical (unpaired) electrons. The van der Waals surface area contributed by atoms with Gasteiger partial charge in [-0.1, -0.05) is 12.1 Å². The van der Waals surface area contributed by atoms with Gasteiger partial charge < -0.3 is 14.2 Å². The Morgan fingerprint density at radius 3 is 2.89 bits per heavy atom. The van der Waals surface area contributed by atoms with Gasteiger partial charge in [-0.25, -0.2) is 4.39 Å². The van der Waals surface area contributed by atoms with Crippen molar-refractivity contribution in [3.05, 3.63) is 35.6 Å². The number of hydrogen-bond acceptors (Lipinski definition) is 4. The first-order valence-electron chi connectivity index (χ1n) is 6.38. The minimum atomic E-state index is -0.244. The summed E-state index contributed by atoms with van der Waals surface area (Å²) >= 11 is 0. The van der Waals surface area contributed by atoms with E-state index in [0.29, 0.717) is 19.7 Å². The summed E-state index contributed by atoms with van der Waals surface area (Å²) in [4.78, 5) is 2.21. The molecule has 1 saturated heterocycles. The van der Waals surface area contributed by atoms with Gasteiger partial charge in [0.25, 0.3) is 0 Å². The fourth-order valence-corrected chi connectivity index (χ4v) is 2.23. The number of hydrogen-bond donors (Lipinski definition) is 0. The van der Waals surface area contributed by atoms with Crippen LogP contribution in [0, 0.1) is 5.82 Å². The third-order valence-electron chi connectivity index (χ3n) is 3.30. The average molecular weight is 269 g/mol. The van der Waals surface area contributed by atoms with Gasteiger partial charge in [0, 0.05) is 33.9 Å². The van der Waals surface area contributed by atoms with Gasteiger partial charge in [-0.3, -0.25) is 4.90 Å². The largest absolute Gasteiger partial charge is 0.371 e. The van der Waals surface area contributed by atoms with E-state index in [2.05, 4.69) is 4.90 Å². The van der Waals surface area contributed by atoms with Gasteiger partial charge in [-0.2, -0.15) is 0 Å². The summed E-state index contributed by atoms with van der Waals surface area (Å²) in [6.07, 6.45) is -0.343. The monoisotopic (exact) mass is 269 g/mol. The Kier molecular flexibility index (Phi) is 5.27. The molecule has 1 aliphatic rings. The minimum absolute atomic E-state index is 0.0983. The topological polar surface area (TPSA) is 30.9 Å². The molecular weight excluding hydrogens is 249 g/mol. The molecule has 0 bridgehead atoms. The predicted octanol–water partition coefficient (Wildman–Crippen LogP) is 1.82. The third-order valence-corrected chi connectivity index (χ3v) is 3.30. The highest BCUT2D eigenvalue weighted by Gasteiger charge is 2.24. The quantitative estimate of drug-likeness (QED) is 0.763. The van der Waals surface area contributed by atoms with Gasteiger partial charge in [-0.15, -0.1) is 0 Å². The van der Waals surface area contributed by atoms with Crippen LogP contribution in [0.2, 0.25) is 0 Å². The maximum atomic E-state index is 13.2. The van der Waals surface area contributed by atoms with Crippen LogP contribution < -0.4 is 0 Å². The molecule has 1 unspecified atom stereocenters. The van der Waals surface area contributed by atoms with E-state index in [4.69, 9.17) is 14.2 Å². The molecule has 1 aromatic rings. The van der Waals surface area contributed by atoms with E-state index in [1.54, 1.807) is 20.3 Å². The number of halogens is 1. The zero-order valence-corrected chi connectivity index (χ0v) is 11.3. The summed E-state index contributed by atoms with van der Waals surface area (Å²) in [5.41, 5.74) is 0.871. The van der Waals surface area contributed by atoms with Crippen molar-refractivity contribution in [3.63, 3.8) is 0 Å². The van der Waals surface area contributed by atoms with E-state index in [9.17, 15) is 4.39 Å². The Morgan fingerprint density at radius 2 is 2.21 bits per heavy atom. The van der Waals surface area contributed by atoms with Crippen molar-refractivity contribution in [1.29, 1.82) is 0 Å². The van der Waals surface area contributed by atoms with Crippen LogP contribution in [0.4, 0.5) is 4.39 Å². The molecule has 106 valence electrons. The fourth-order valence-electron chi connectivity index (χ4n) is 2.23. The summed E-state index contributed by atoms with van der Waals surface area (Å²) in [5, 5.41) is 0. The van der Waals surface area contributed by atoms with Crippen molar-refractivity contribution in [3.8, 4) is 0 Å². The summed E-state index contributed by atoms with van der Waals surface area (Å²) in [6, 6.07) is 6.57. The van der Waals surface area contributed by atoms with Crippen LogP contribution in [-0.2, 0) is 14.2 Å². The average Bonchev–Trinajstić information content (AvgIpc) is 2.45. The van der Waals surface area contributed by atoms with E-state index in [0.717, 1.165) is 12.1 Å². The Balaban J connectivity index is 1.97. The van der Waals surface area contributed by atoms with Crippen LogP contribution in [0.15, 0.2) is 24.3 Å². The fraction of sp³-hybridized carbons (Fsp3) is 0.571. The van der Waals surface area contributed by atoms with Gasteiger partial charge in [0.15, 0.2) is 6.29 Å². The molecule has 0 aliphatic carbocycles. The van der Waals surface area contributed by atoms with Gasteiger partial charge in [0.1, 0.15) is 5.82 Å². The molecule has 1 atom stereocenters. The van der Waals surface area contributed by atoms with Crippen LogP contribution in [0.5, 0.6) is 0 Å². The lowest BCUT2D eigenvalue weighted by atomic mass is 10.1. The summed E-state index contributed by atoms with van der Waals surface area (Å²) in [6.45, 7) is 2.85. The molecule has 0 amide bonds. The van der Waals surface area contributed by atoms with Gasteiger partial charge in [0.2, 0.25) is 0 Å². The van der Waals surface area contributed by atoms with Crippen molar-refractivity contribution in [2.75, 3.05) is 40.5 Å². The first-order chi connectivity index (χ1) is 9.22. The molecule has 1 aromatic carbocycles. The second kappa shape index (κ2) is 6.96. The van der Waals surface area contributed by atoms with Gasteiger partial charge >= 0.3 is 0 Å². The molecule has 4 nitrogen and oxygen atoms in total. The second-order valence-corrected chi connectivity index (χ2v) is 4.57. The number of nitrogens with zero attached hydrogens (tertiary/aromatic N) is 1. The highest BCUT2D eigenvalue weighted by molar-refractivity contribution is 5.19. The van der Waals surface area contributed by atoms with Gasteiger partial charge in [0.05, 0.1) is 12.7 Å². The molecule has 5 heteroatoms. The predicted molar refractivity (Wildman–Crippen MR) is 69.3 cm³/mol. The lowest BCUT2D eigenvalue weighted by molar-refractivity contribution is -0.131. The summed E-state index contributed by atoms with van der Waals surface area (Å²) in [5.74, 6) is -0.232. The molecule has 0 saturated carbocycles. The van der Waals surface area contributed by atoms with Crippen molar-refractivity contribution >= 4 is 0 Å². The lowest BCUT2D eigenvalue weighted by Gasteiger charge is -2.34. The van der Waals surface area contributed by atoms with E-state index in [-0.39, 0.29) is 18.2 Å². The molecule has 1 aliphatic heterocycles. The first-order valence-corrected chi connectivity index (χ1v) is 6.38. The summed E-state index contributed by atoms with van der Waals surface area (Å²) < 4.78 is 29.3. The molecule has 0 N–H and O–H groups in total. The van der Waals surface area contributed by atoms with Crippen LogP contribution in [0.3, 0.4) is 0 Å². The highest BCUT2D eigenvalue weighted by atomic mass is 19.1. The van der Waals surface area contributed by atoms with Crippen molar-refractivity contribution in [1.82, 2.24) is 4.90 Å². The molecule has 0 aromatic heterocycles. The number of methoxy groups -OCH3 is 2. The standard InChI is InChI=1S/C14H20FNO3/c1-17-14(18-2)10-16-6-7-19-13(9-16)11-4-3-5-12(15)8-11/h3-5,8,13-14H,6-7,9-10H2,1-2H3. The normalized spacial score (nSPS) is 20.9. The van der Waals surface area contributed by atoms with Crippen molar-refractivity contribution < 1.29 is 18.6 Å². The smallest absolute Gasteiger partial charge is 0.169 e. The minimum Gasteiger partial charge on any atom is -0.371 e. The Morgan fingerprint density at radius 1 is 1.42 bits per heavy atom. The lowest BCUT2D eigenvalue weighted by Crippen LogP contribution is -2.43.